The Kier molecular flexibility index (Phi) is 4.12. The summed E-state index contributed by atoms with van der Waals surface area (Å²) >= 11 is 5.95. The Bertz CT molecular complexity index is 471. The Morgan fingerprint density at radius 3 is 2.29 bits per heavy atom. The molecular formula is C12H14ClNO3. The molecule has 0 heterocycles. The summed E-state index contributed by atoms with van der Waals surface area (Å²) in [7, 11) is 1.35. The molecule has 0 aliphatic heterocycles. The van der Waals surface area contributed by atoms with Crippen LogP contribution in [0.1, 0.15) is 18.1 Å². The summed E-state index contributed by atoms with van der Waals surface area (Å²) in [6, 6.07) is 3.39. The maximum absolute atomic E-state index is 11.5. The first-order valence-corrected chi connectivity index (χ1v) is 5.43. The van der Waals surface area contributed by atoms with E-state index in [1.54, 1.807) is 12.1 Å². The predicted octanol–water partition coefficient (Wildman–Crippen LogP) is 2.93. The van der Waals surface area contributed by atoms with Crippen molar-refractivity contribution in [3.8, 4) is 5.75 Å². The standard InChI is InChI=1S/C12H14ClNO3/c1-7-5-10(13)11(6-8(7)2)17-12(16)14(4)9(3)15/h5-6H,1-4H3. The van der Waals surface area contributed by atoms with Gasteiger partial charge in [0.2, 0.25) is 5.91 Å². The monoisotopic (exact) mass is 255 g/mol. The van der Waals surface area contributed by atoms with Crippen molar-refractivity contribution in [2.75, 3.05) is 7.05 Å². The molecule has 0 N–H and O–H groups in total. The first-order chi connectivity index (χ1) is 7.82. The van der Waals surface area contributed by atoms with Crippen molar-refractivity contribution < 1.29 is 14.3 Å². The Labute approximate surface area is 105 Å². The average molecular weight is 256 g/mol. The zero-order chi connectivity index (χ0) is 13.2. The lowest BCUT2D eigenvalue weighted by Gasteiger charge is -2.14. The summed E-state index contributed by atoms with van der Waals surface area (Å²) in [6.07, 6.45) is -0.748. The van der Waals surface area contributed by atoms with E-state index in [2.05, 4.69) is 0 Å². The number of carbonyl (C=O) groups is 2. The third kappa shape index (κ3) is 3.20. The van der Waals surface area contributed by atoms with Crippen LogP contribution in [0, 0.1) is 13.8 Å². The summed E-state index contributed by atoms with van der Waals surface area (Å²) in [4.78, 5) is 23.4. The van der Waals surface area contributed by atoms with E-state index in [1.807, 2.05) is 13.8 Å². The molecule has 0 radical (unpaired) electrons. The minimum absolute atomic E-state index is 0.257. The Morgan fingerprint density at radius 1 is 1.24 bits per heavy atom. The van der Waals surface area contributed by atoms with E-state index >= 15 is 0 Å². The highest BCUT2D eigenvalue weighted by molar-refractivity contribution is 6.32. The highest BCUT2D eigenvalue weighted by Gasteiger charge is 2.16. The summed E-state index contributed by atoms with van der Waals surface area (Å²) in [5.41, 5.74) is 1.97. The van der Waals surface area contributed by atoms with Gasteiger partial charge in [-0.2, -0.15) is 0 Å². The molecule has 0 atom stereocenters. The number of aryl methyl sites for hydroxylation is 2. The van der Waals surface area contributed by atoms with Crippen LogP contribution in [-0.4, -0.2) is 23.9 Å². The van der Waals surface area contributed by atoms with Crippen molar-refractivity contribution in [1.82, 2.24) is 4.90 Å². The molecule has 0 saturated carbocycles. The highest BCUT2D eigenvalue weighted by Crippen LogP contribution is 2.28. The van der Waals surface area contributed by atoms with Gasteiger partial charge < -0.3 is 4.74 Å². The predicted molar refractivity (Wildman–Crippen MR) is 65.4 cm³/mol. The second-order valence-corrected chi connectivity index (χ2v) is 4.22. The van der Waals surface area contributed by atoms with E-state index < -0.39 is 12.0 Å². The van der Waals surface area contributed by atoms with Crippen LogP contribution < -0.4 is 4.74 Å². The molecule has 0 saturated heterocycles. The van der Waals surface area contributed by atoms with Crippen molar-refractivity contribution >= 4 is 23.6 Å². The van der Waals surface area contributed by atoms with Crippen LogP contribution in [-0.2, 0) is 4.79 Å². The number of halogens is 1. The van der Waals surface area contributed by atoms with E-state index in [1.165, 1.54) is 14.0 Å². The molecule has 17 heavy (non-hydrogen) atoms. The quantitative estimate of drug-likeness (QED) is 0.775. The van der Waals surface area contributed by atoms with Gasteiger partial charge in [0.25, 0.3) is 0 Å². The second-order valence-electron chi connectivity index (χ2n) is 3.81. The van der Waals surface area contributed by atoms with E-state index in [4.69, 9.17) is 16.3 Å². The minimum atomic E-state index is -0.748. The van der Waals surface area contributed by atoms with Crippen molar-refractivity contribution in [1.29, 1.82) is 0 Å². The van der Waals surface area contributed by atoms with E-state index in [-0.39, 0.29) is 5.75 Å². The fourth-order valence-electron chi connectivity index (χ4n) is 1.12. The van der Waals surface area contributed by atoms with E-state index in [9.17, 15) is 9.59 Å². The average Bonchev–Trinajstić information content (AvgIpc) is 2.24. The van der Waals surface area contributed by atoms with Gasteiger partial charge in [0.1, 0.15) is 0 Å². The fraction of sp³-hybridized carbons (Fsp3) is 0.333. The molecule has 4 nitrogen and oxygen atoms in total. The van der Waals surface area contributed by atoms with Crippen LogP contribution in [0.2, 0.25) is 5.02 Å². The first-order valence-electron chi connectivity index (χ1n) is 5.05. The summed E-state index contributed by atoms with van der Waals surface area (Å²) in [5.74, 6) is -0.136. The largest absolute Gasteiger partial charge is 0.421 e. The van der Waals surface area contributed by atoms with Gasteiger partial charge in [0.05, 0.1) is 5.02 Å². The molecule has 92 valence electrons. The zero-order valence-corrected chi connectivity index (χ0v) is 11.0. The minimum Gasteiger partial charge on any atom is -0.408 e. The summed E-state index contributed by atoms with van der Waals surface area (Å²) < 4.78 is 5.04. The highest BCUT2D eigenvalue weighted by atomic mass is 35.5. The number of rotatable bonds is 1. The van der Waals surface area contributed by atoms with Gasteiger partial charge in [0, 0.05) is 14.0 Å². The van der Waals surface area contributed by atoms with Crippen LogP contribution in [0.3, 0.4) is 0 Å². The fourth-order valence-corrected chi connectivity index (χ4v) is 1.38. The first kappa shape index (κ1) is 13.5. The normalized spacial score (nSPS) is 9.94. The molecule has 0 aliphatic carbocycles. The number of amides is 2. The maximum Gasteiger partial charge on any atom is 0.421 e. The number of hydrogen-bond donors (Lipinski definition) is 0. The molecule has 0 unspecified atom stereocenters. The summed E-state index contributed by atoms with van der Waals surface area (Å²) in [6.45, 7) is 5.08. The number of hydrogen-bond acceptors (Lipinski definition) is 3. The number of ether oxygens (including phenoxy) is 1. The molecule has 5 heteroatoms. The summed E-state index contributed by atoms with van der Waals surface area (Å²) in [5, 5.41) is 0.346. The number of carbonyl (C=O) groups excluding carboxylic acids is 2. The van der Waals surface area contributed by atoms with Crippen molar-refractivity contribution in [2.24, 2.45) is 0 Å². The van der Waals surface area contributed by atoms with Crippen molar-refractivity contribution in [3.05, 3.63) is 28.3 Å². The third-order valence-corrected chi connectivity index (χ3v) is 2.79. The van der Waals surface area contributed by atoms with Gasteiger partial charge in [-0.05, 0) is 37.1 Å². The zero-order valence-electron chi connectivity index (χ0n) is 10.2. The smallest absolute Gasteiger partial charge is 0.408 e. The third-order valence-electron chi connectivity index (χ3n) is 2.49. The lowest BCUT2D eigenvalue weighted by Crippen LogP contribution is -2.33. The topological polar surface area (TPSA) is 46.6 Å². The molecule has 1 rings (SSSR count). The Balaban J connectivity index is 2.93. The van der Waals surface area contributed by atoms with Crippen LogP contribution in [0.25, 0.3) is 0 Å². The Morgan fingerprint density at radius 2 is 1.76 bits per heavy atom. The van der Waals surface area contributed by atoms with Gasteiger partial charge in [-0.15, -0.1) is 0 Å². The van der Waals surface area contributed by atoms with Gasteiger partial charge in [-0.25, -0.2) is 4.79 Å². The van der Waals surface area contributed by atoms with E-state index in [0.29, 0.717) is 5.02 Å². The van der Waals surface area contributed by atoms with Gasteiger partial charge in [0.15, 0.2) is 5.75 Å². The van der Waals surface area contributed by atoms with Crippen LogP contribution in [0.15, 0.2) is 12.1 Å². The molecular weight excluding hydrogens is 242 g/mol. The molecule has 0 spiro atoms. The Hall–Kier alpha value is -1.55. The molecule has 0 aliphatic rings. The molecule has 1 aromatic rings. The second kappa shape index (κ2) is 5.19. The van der Waals surface area contributed by atoms with Crippen molar-refractivity contribution in [3.63, 3.8) is 0 Å². The molecule has 1 aromatic carbocycles. The molecule has 2 amide bonds. The number of nitrogens with zero attached hydrogens (tertiary/aromatic N) is 1. The van der Waals surface area contributed by atoms with Gasteiger partial charge in [-0.1, -0.05) is 11.6 Å². The van der Waals surface area contributed by atoms with Crippen LogP contribution >= 0.6 is 11.6 Å². The lowest BCUT2D eigenvalue weighted by atomic mass is 10.1. The maximum atomic E-state index is 11.5. The van der Waals surface area contributed by atoms with E-state index in [0.717, 1.165) is 16.0 Å². The number of benzene rings is 1. The number of imide groups is 1. The van der Waals surface area contributed by atoms with Crippen LogP contribution in [0.5, 0.6) is 5.75 Å². The molecule has 0 fully saturated rings. The van der Waals surface area contributed by atoms with Gasteiger partial charge >= 0.3 is 6.09 Å². The molecule has 0 bridgehead atoms. The SMILES string of the molecule is CC(=O)N(C)C(=O)Oc1cc(C)c(C)cc1Cl. The lowest BCUT2D eigenvalue weighted by molar-refractivity contribution is -0.125. The molecule has 0 aromatic heterocycles. The van der Waals surface area contributed by atoms with Crippen molar-refractivity contribution in [2.45, 2.75) is 20.8 Å². The van der Waals surface area contributed by atoms with Crippen LogP contribution in [0.4, 0.5) is 4.79 Å². The van der Waals surface area contributed by atoms with Gasteiger partial charge in [-0.3, -0.25) is 9.69 Å².